The number of pyridine rings is 1. The molecule has 0 bridgehead atoms. The monoisotopic (exact) mass is 217 g/mol. The molecule has 0 fully saturated rings. The Kier molecular flexibility index (Phi) is 3.43. The van der Waals surface area contributed by atoms with Gasteiger partial charge in [-0.05, 0) is 18.6 Å². The molecular formula is C8H11NO4S. The first kappa shape index (κ1) is 10.9. The highest BCUT2D eigenvalue weighted by Crippen LogP contribution is 2.18. The van der Waals surface area contributed by atoms with E-state index in [1.54, 1.807) is 12.3 Å². The highest BCUT2D eigenvalue weighted by Gasteiger charge is 2.11. The number of hydrogen-bond acceptors (Lipinski definition) is 4. The molecule has 0 aliphatic rings. The summed E-state index contributed by atoms with van der Waals surface area (Å²) in [4.78, 5) is 3.95. The van der Waals surface area contributed by atoms with Crippen LogP contribution in [0.5, 0.6) is 5.75 Å². The summed E-state index contributed by atoms with van der Waals surface area (Å²) in [6.45, 7) is 1.94. The molecule has 0 radical (unpaired) electrons. The summed E-state index contributed by atoms with van der Waals surface area (Å²) in [6.07, 6.45) is 2.96. The first-order valence-corrected chi connectivity index (χ1v) is 5.50. The summed E-state index contributed by atoms with van der Waals surface area (Å²) in [6, 6.07) is 2.99. The average Bonchev–Trinajstić information content (AvgIpc) is 2.06. The van der Waals surface area contributed by atoms with Gasteiger partial charge in [0, 0.05) is 6.20 Å². The Morgan fingerprint density at radius 3 is 2.86 bits per heavy atom. The van der Waals surface area contributed by atoms with Crippen LogP contribution in [-0.4, -0.2) is 18.0 Å². The van der Waals surface area contributed by atoms with Crippen molar-refractivity contribution in [3.63, 3.8) is 0 Å². The Hall–Kier alpha value is -1.14. The van der Waals surface area contributed by atoms with Gasteiger partial charge in [-0.2, -0.15) is 8.42 Å². The lowest BCUT2D eigenvalue weighted by Crippen LogP contribution is -2.08. The van der Waals surface area contributed by atoms with Crippen LogP contribution in [0.4, 0.5) is 0 Å². The number of rotatable bonds is 4. The minimum Gasteiger partial charge on any atom is -0.360 e. The molecule has 0 saturated heterocycles. The van der Waals surface area contributed by atoms with E-state index in [1.165, 1.54) is 6.07 Å². The van der Waals surface area contributed by atoms with Gasteiger partial charge in [-0.3, -0.25) is 9.54 Å². The van der Waals surface area contributed by atoms with Gasteiger partial charge in [0.05, 0.1) is 5.69 Å². The molecule has 0 amide bonds. The van der Waals surface area contributed by atoms with Crippen LogP contribution >= 0.6 is 0 Å². The van der Waals surface area contributed by atoms with E-state index in [2.05, 4.69) is 9.17 Å². The maximum absolute atomic E-state index is 10.5. The van der Waals surface area contributed by atoms with Gasteiger partial charge >= 0.3 is 10.4 Å². The predicted octanol–water partition coefficient (Wildman–Crippen LogP) is 1.22. The Morgan fingerprint density at radius 1 is 1.57 bits per heavy atom. The largest absolute Gasteiger partial charge is 0.446 e. The van der Waals surface area contributed by atoms with Crippen molar-refractivity contribution < 1.29 is 17.2 Å². The van der Waals surface area contributed by atoms with Crippen LogP contribution in [0.15, 0.2) is 18.3 Å². The van der Waals surface area contributed by atoms with E-state index >= 15 is 0 Å². The van der Waals surface area contributed by atoms with Gasteiger partial charge in [0.1, 0.15) is 0 Å². The maximum Gasteiger partial charge on any atom is 0.446 e. The normalized spacial score (nSPS) is 11.3. The van der Waals surface area contributed by atoms with E-state index in [4.69, 9.17) is 4.55 Å². The van der Waals surface area contributed by atoms with E-state index in [0.29, 0.717) is 12.1 Å². The van der Waals surface area contributed by atoms with Crippen LogP contribution in [0.3, 0.4) is 0 Å². The molecule has 0 saturated carbocycles. The molecule has 0 atom stereocenters. The number of nitrogens with zero attached hydrogens (tertiary/aromatic N) is 1. The Bertz CT molecular complexity index is 402. The zero-order valence-corrected chi connectivity index (χ0v) is 8.49. The predicted molar refractivity (Wildman–Crippen MR) is 50.4 cm³/mol. The first-order valence-electron chi connectivity index (χ1n) is 4.13. The van der Waals surface area contributed by atoms with Gasteiger partial charge in [-0.1, -0.05) is 13.3 Å². The standard InChI is InChI=1S/C8H11NO4S/c1-2-4-7-8(5-3-6-9-7)13-14(10,11)12/h3,5-6H,2,4H2,1H3,(H,10,11,12). The van der Waals surface area contributed by atoms with Crippen molar-refractivity contribution in [2.75, 3.05) is 0 Å². The summed E-state index contributed by atoms with van der Waals surface area (Å²) in [5.74, 6) is 0.0804. The second kappa shape index (κ2) is 4.39. The second-order valence-electron chi connectivity index (χ2n) is 2.71. The molecule has 0 aliphatic heterocycles. The van der Waals surface area contributed by atoms with Crippen molar-refractivity contribution in [3.8, 4) is 5.75 Å². The van der Waals surface area contributed by atoms with E-state index in [-0.39, 0.29) is 5.75 Å². The summed E-state index contributed by atoms with van der Waals surface area (Å²) in [5, 5.41) is 0. The minimum atomic E-state index is -4.46. The van der Waals surface area contributed by atoms with Crippen molar-refractivity contribution in [2.24, 2.45) is 0 Å². The Morgan fingerprint density at radius 2 is 2.29 bits per heavy atom. The molecule has 1 aromatic rings. The van der Waals surface area contributed by atoms with Crippen molar-refractivity contribution in [3.05, 3.63) is 24.0 Å². The second-order valence-corrected chi connectivity index (χ2v) is 3.73. The van der Waals surface area contributed by atoms with Crippen LogP contribution in [0.2, 0.25) is 0 Å². The van der Waals surface area contributed by atoms with Crippen molar-refractivity contribution in [2.45, 2.75) is 19.8 Å². The highest BCUT2D eigenvalue weighted by molar-refractivity contribution is 7.81. The Labute approximate surface area is 82.7 Å². The van der Waals surface area contributed by atoms with Crippen LogP contribution in [0.25, 0.3) is 0 Å². The first-order chi connectivity index (χ1) is 6.53. The lowest BCUT2D eigenvalue weighted by atomic mass is 10.2. The number of aryl methyl sites for hydroxylation is 1. The Balaban J connectivity index is 2.95. The number of aromatic nitrogens is 1. The van der Waals surface area contributed by atoms with Gasteiger partial charge in [0.15, 0.2) is 5.75 Å². The molecule has 0 aliphatic carbocycles. The molecule has 1 N–H and O–H groups in total. The molecule has 1 aromatic heterocycles. The molecule has 0 spiro atoms. The fourth-order valence-electron chi connectivity index (χ4n) is 1.04. The van der Waals surface area contributed by atoms with Gasteiger partial charge in [0.25, 0.3) is 0 Å². The molecule has 78 valence electrons. The van der Waals surface area contributed by atoms with E-state index in [9.17, 15) is 8.42 Å². The average molecular weight is 217 g/mol. The van der Waals surface area contributed by atoms with Gasteiger partial charge in [0.2, 0.25) is 0 Å². The van der Waals surface area contributed by atoms with Crippen molar-refractivity contribution >= 4 is 10.4 Å². The van der Waals surface area contributed by atoms with Gasteiger partial charge in [-0.25, -0.2) is 0 Å². The molecule has 0 unspecified atom stereocenters. The summed E-state index contributed by atoms with van der Waals surface area (Å²) in [7, 11) is -4.46. The molecule has 0 aromatic carbocycles. The van der Waals surface area contributed by atoms with E-state index in [0.717, 1.165) is 6.42 Å². The van der Waals surface area contributed by atoms with Gasteiger partial charge in [-0.15, -0.1) is 0 Å². The van der Waals surface area contributed by atoms with Crippen LogP contribution in [-0.2, 0) is 16.8 Å². The molecule has 5 nitrogen and oxygen atoms in total. The molecular weight excluding hydrogens is 206 g/mol. The van der Waals surface area contributed by atoms with Gasteiger partial charge < -0.3 is 4.18 Å². The third-order valence-electron chi connectivity index (χ3n) is 1.53. The fourth-order valence-corrected chi connectivity index (χ4v) is 1.42. The maximum atomic E-state index is 10.5. The molecule has 6 heteroatoms. The third kappa shape index (κ3) is 3.31. The minimum absolute atomic E-state index is 0.0804. The quantitative estimate of drug-likeness (QED) is 0.767. The van der Waals surface area contributed by atoms with Crippen LogP contribution < -0.4 is 4.18 Å². The van der Waals surface area contributed by atoms with E-state index in [1.807, 2.05) is 6.92 Å². The smallest absolute Gasteiger partial charge is 0.360 e. The lowest BCUT2D eigenvalue weighted by Gasteiger charge is -2.05. The van der Waals surface area contributed by atoms with Crippen LogP contribution in [0, 0.1) is 0 Å². The number of hydrogen-bond donors (Lipinski definition) is 1. The fraction of sp³-hybridized carbons (Fsp3) is 0.375. The molecule has 1 heterocycles. The third-order valence-corrected chi connectivity index (χ3v) is 1.92. The topological polar surface area (TPSA) is 76.5 Å². The zero-order chi connectivity index (χ0) is 10.6. The summed E-state index contributed by atoms with van der Waals surface area (Å²) in [5.41, 5.74) is 0.521. The highest BCUT2D eigenvalue weighted by atomic mass is 32.3. The summed E-state index contributed by atoms with van der Waals surface area (Å²) < 4.78 is 33.8. The van der Waals surface area contributed by atoms with Crippen molar-refractivity contribution in [1.29, 1.82) is 0 Å². The summed E-state index contributed by atoms with van der Waals surface area (Å²) >= 11 is 0. The zero-order valence-electron chi connectivity index (χ0n) is 7.67. The molecule has 14 heavy (non-hydrogen) atoms. The lowest BCUT2D eigenvalue weighted by molar-refractivity contribution is 0.384. The molecule has 1 rings (SSSR count). The van der Waals surface area contributed by atoms with Crippen molar-refractivity contribution in [1.82, 2.24) is 4.98 Å². The van der Waals surface area contributed by atoms with Crippen LogP contribution in [0.1, 0.15) is 19.0 Å². The SMILES string of the molecule is CCCc1ncccc1OS(=O)(=O)O. The van der Waals surface area contributed by atoms with E-state index < -0.39 is 10.4 Å².